The Morgan fingerprint density at radius 2 is 1.07 bits per heavy atom. The minimum absolute atomic E-state index is 0. The Labute approximate surface area is 259 Å². The van der Waals surface area contributed by atoms with Gasteiger partial charge < -0.3 is 29.4 Å². The van der Waals surface area contributed by atoms with Crippen LogP contribution in [0.3, 0.4) is 0 Å². The molecule has 2 aliphatic rings. The summed E-state index contributed by atoms with van der Waals surface area (Å²) in [7, 11) is 13.2. The van der Waals surface area contributed by atoms with E-state index in [1.807, 2.05) is 13.8 Å². The second-order valence-electron chi connectivity index (χ2n) is 13.1. The fourth-order valence-electron chi connectivity index (χ4n) is 4.54. The number of nitrogens with zero attached hydrogens (tertiary/aromatic N) is 4. The molecule has 2 unspecified atom stereocenters. The number of benzene rings is 2. The van der Waals surface area contributed by atoms with Gasteiger partial charge in [-0.3, -0.25) is 14.8 Å². The lowest BCUT2D eigenvalue weighted by Crippen LogP contribution is -2.34. The molecule has 0 bridgehead atoms. The standard InChI is InChI=1S/2C10H16N.2C7H11NO2.H2O/c2*1-11(2,3)9-10-7-5-4-6-8-10;2*1-5-4-6(7(9)10)2-3-8-5;/h2*4-8H,9H2,1-3H3;2*6H,2-4H2,1H3,(H,9,10);1H2/q2*+1;;;/p-2. The molecule has 0 aliphatic carbocycles. The van der Waals surface area contributed by atoms with Gasteiger partial charge in [0.1, 0.15) is 13.1 Å². The summed E-state index contributed by atoms with van der Waals surface area (Å²) in [6, 6.07) is 21.1. The van der Waals surface area contributed by atoms with Crippen molar-refractivity contribution in [2.24, 2.45) is 21.8 Å². The molecule has 2 heterocycles. The van der Waals surface area contributed by atoms with Crippen LogP contribution < -0.4 is 5.11 Å². The molecule has 9 heteroatoms. The van der Waals surface area contributed by atoms with Gasteiger partial charge in [0, 0.05) is 47.5 Å². The van der Waals surface area contributed by atoms with E-state index in [0.29, 0.717) is 38.8 Å². The van der Waals surface area contributed by atoms with Gasteiger partial charge in [0.2, 0.25) is 0 Å². The van der Waals surface area contributed by atoms with Crippen LogP contribution in [0.25, 0.3) is 0 Å². The fraction of sp³-hybridized carbons (Fsp3) is 0.529. The van der Waals surface area contributed by atoms with E-state index < -0.39 is 11.9 Å². The third-order valence-corrected chi connectivity index (χ3v) is 6.48. The van der Waals surface area contributed by atoms with Crippen LogP contribution in [0.2, 0.25) is 0 Å². The second kappa shape index (κ2) is 19.7. The first-order chi connectivity index (χ1) is 19.6. The molecule has 2 aromatic carbocycles. The molecule has 43 heavy (non-hydrogen) atoms. The highest BCUT2D eigenvalue weighted by Gasteiger charge is 2.20. The SMILES string of the molecule is CC1=NCCC(C(=O)O)C1.CC1=NCCC(C(=O)[O-])C1.C[N+](C)(C)Cc1ccccc1.C[N+](C)(C)Cc1ccccc1.[OH-]. The Balaban J connectivity index is 0.000000543. The predicted molar refractivity (Wildman–Crippen MR) is 172 cm³/mol. The number of carboxylic acids is 2. The number of rotatable bonds is 6. The molecule has 2 N–H and O–H groups in total. The Hall–Kier alpha value is -3.40. The summed E-state index contributed by atoms with van der Waals surface area (Å²) in [6.07, 6.45) is 2.55. The Morgan fingerprint density at radius 1 is 0.721 bits per heavy atom. The van der Waals surface area contributed by atoms with E-state index in [-0.39, 0.29) is 17.3 Å². The van der Waals surface area contributed by atoms with E-state index in [1.54, 1.807) is 0 Å². The highest BCUT2D eigenvalue weighted by Crippen LogP contribution is 2.15. The summed E-state index contributed by atoms with van der Waals surface area (Å²) in [5.74, 6) is -2.10. The number of hydrogen-bond acceptors (Lipinski definition) is 6. The third kappa shape index (κ3) is 20.2. The molecule has 2 atom stereocenters. The molecule has 2 aromatic rings. The van der Waals surface area contributed by atoms with E-state index in [2.05, 4.69) is 113 Å². The van der Waals surface area contributed by atoms with Crippen LogP contribution in [0.5, 0.6) is 0 Å². The fourth-order valence-corrected chi connectivity index (χ4v) is 4.54. The summed E-state index contributed by atoms with van der Waals surface area (Å²) in [5, 5.41) is 18.9. The monoisotopic (exact) mass is 598 g/mol. The van der Waals surface area contributed by atoms with Crippen molar-refractivity contribution in [2.75, 3.05) is 55.4 Å². The van der Waals surface area contributed by atoms with Gasteiger partial charge in [-0.05, 0) is 39.5 Å². The van der Waals surface area contributed by atoms with Crippen LogP contribution in [0.1, 0.15) is 50.7 Å². The molecule has 2 aliphatic heterocycles. The molecule has 0 aromatic heterocycles. The minimum Gasteiger partial charge on any atom is -0.870 e. The third-order valence-electron chi connectivity index (χ3n) is 6.48. The number of carbonyl (C=O) groups is 2. The van der Waals surface area contributed by atoms with Gasteiger partial charge in [-0.15, -0.1) is 0 Å². The first-order valence-corrected chi connectivity index (χ1v) is 14.7. The van der Waals surface area contributed by atoms with Gasteiger partial charge in [0.05, 0.1) is 48.2 Å². The van der Waals surface area contributed by atoms with Crippen LogP contribution in [0.4, 0.5) is 0 Å². The zero-order valence-corrected chi connectivity index (χ0v) is 27.5. The molecule has 0 saturated carbocycles. The summed E-state index contributed by atoms with van der Waals surface area (Å²) < 4.78 is 1.98. The van der Waals surface area contributed by atoms with Crippen molar-refractivity contribution < 1.29 is 34.2 Å². The second-order valence-corrected chi connectivity index (χ2v) is 13.1. The van der Waals surface area contributed by atoms with Crippen LogP contribution in [0.15, 0.2) is 70.6 Å². The highest BCUT2D eigenvalue weighted by atomic mass is 16.4. The minimum atomic E-state index is -0.936. The zero-order chi connectivity index (χ0) is 31.8. The molecular formula is C34H54N4O5. The highest BCUT2D eigenvalue weighted by molar-refractivity contribution is 5.87. The topological polar surface area (TPSA) is 132 Å². The maximum Gasteiger partial charge on any atom is 0.306 e. The van der Waals surface area contributed by atoms with Gasteiger partial charge in [-0.2, -0.15) is 0 Å². The Kier molecular flexibility index (Phi) is 18.2. The van der Waals surface area contributed by atoms with E-state index in [4.69, 9.17) is 5.11 Å². The van der Waals surface area contributed by atoms with E-state index in [1.165, 1.54) is 11.1 Å². The smallest absolute Gasteiger partial charge is 0.306 e. The molecule has 0 saturated heterocycles. The summed E-state index contributed by atoms with van der Waals surface area (Å²) in [5.41, 5.74) is 4.71. The van der Waals surface area contributed by atoms with Gasteiger partial charge in [0.25, 0.3) is 0 Å². The lowest BCUT2D eigenvalue weighted by atomic mass is 9.97. The number of quaternary nitrogens is 2. The zero-order valence-electron chi connectivity index (χ0n) is 27.5. The first kappa shape index (κ1) is 39.6. The van der Waals surface area contributed by atoms with Crippen molar-refractivity contribution in [3.05, 3.63) is 71.8 Å². The predicted octanol–water partition coefficient (Wildman–Crippen LogP) is 4.16. The maximum absolute atomic E-state index is 10.4. The van der Waals surface area contributed by atoms with Crippen molar-refractivity contribution in [2.45, 2.75) is 52.6 Å². The summed E-state index contributed by atoms with van der Waals surface area (Å²) >= 11 is 0. The van der Waals surface area contributed by atoms with Gasteiger partial charge in [-0.25, -0.2) is 0 Å². The van der Waals surface area contributed by atoms with Crippen LogP contribution in [-0.2, 0) is 22.7 Å². The molecule has 0 amide bonds. The lowest BCUT2D eigenvalue weighted by molar-refractivity contribution is -0.884. The van der Waals surface area contributed by atoms with Crippen molar-refractivity contribution in [3.63, 3.8) is 0 Å². The number of carboxylic acid groups (broad SMARTS) is 2. The summed E-state index contributed by atoms with van der Waals surface area (Å²) in [4.78, 5) is 29.0. The molecule has 4 rings (SSSR count). The van der Waals surface area contributed by atoms with Crippen molar-refractivity contribution in [1.29, 1.82) is 0 Å². The Bertz CT molecular complexity index is 1050. The van der Waals surface area contributed by atoms with Gasteiger partial charge >= 0.3 is 5.97 Å². The van der Waals surface area contributed by atoms with Crippen LogP contribution >= 0.6 is 0 Å². The normalized spacial score (nSPS) is 17.9. The van der Waals surface area contributed by atoms with Crippen molar-refractivity contribution in [1.82, 2.24) is 0 Å². The van der Waals surface area contributed by atoms with Crippen LogP contribution in [0, 0.1) is 11.8 Å². The first-order valence-electron chi connectivity index (χ1n) is 14.7. The van der Waals surface area contributed by atoms with Crippen molar-refractivity contribution in [3.8, 4) is 0 Å². The molecule has 240 valence electrons. The molecule has 0 spiro atoms. The maximum atomic E-state index is 10.4. The van der Waals surface area contributed by atoms with E-state index in [9.17, 15) is 14.7 Å². The largest absolute Gasteiger partial charge is 0.870 e. The Morgan fingerprint density at radius 3 is 1.33 bits per heavy atom. The quantitative estimate of drug-likeness (QED) is 0.499. The molecule has 0 radical (unpaired) electrons. The van der Waals surface area contributed by atoms with Gasteiger partial charge in [0.15, 0.2) is 0 Å². The van der Waals surface area contributed by atoms with E-state index in [0.717, 1.165) is 33.5 Å². The molecule has 0 fully saturated rings. The van der Waals surface area contributed by atoms with Crippen molar-refractivity contribution >= 4 is 23.4 Å². The molecular weight excluding hydrogens is 544 g/mol. The van der Waals surface area contributed by atoms with Crippen LogP contribution in [-0.4, -0.2) is 98.3 Å². The number of aliphatic carboxylic acids is 2. The average Bonchev–Trinajstić information content (AvgIpc) is 2.89. The van der Waals surface area contributed by atoms with Gasteiger partial charge in [-0.1, -0.05) is 60.7 Å². The number of hydrogen-bond donors (Lipinski definition) is 1. The lowest BCUT2D eigenvalue weighted by Gasteiger charge is -2.23. The van der Waals surface area contributed by atoms with E-state index >= 15 is 0 Å². The molecule has 9 nitrogen and oxygen atoms in total. The number of aliphatic imine (C=N–C) groups is 2. The average molecular weight is 599 g/mol. The number of carbonyl (C=O) groups excluding carboxylic acids is 1. The summed E-state index contributed by atoms with van der Waals surface area (Å²) in [6.45, 7) is 7.26.